The lowest BCUT2D eigenvalue weighted by atomic mass is 9.97. The molecule has 2 aromatic heterocycles. The number of carbonyl (C=O) groups excluding carboxylic acids is 1. The third-order valence-electron chi connectivity index (χ3n) is 6.40. The number of halogens is 3. The summed E-state index contributed by atoms with van der Waals surface area (Å²) in [5.74, 6) is 0.974. The quantitative estimate of drug-likeness (QED) is 0.536. The van der Waals surface area contributed by atoms with Crippen molar-refractivity contribution >= 4 is 28.4 Å². The molecule has 0 radical (unpaired) electrons. The summed E-state index contributed by atoms with van der Waals surface area (Å²) in [6.45, 7) is 9.93. The van der Waals surface area contributed by atoms with Crippen molar-refractivity contribution < 1.29 is 18.0 Å². The number of nitrogens with one attached hydrogen (secondary N) is 2. The van der Waals surface area contributed by atoms with Gasteiger partial charge < -0.3 is 15.5 Å². The van der Waals surface area contributed by atoms with E-state index < -0.39 is 17.8 Å². The molecule has 2 N–H and O–H groups in total. The molecule has 0 aliphatic carbocycles. The predicted octanol–water partition coefficient (Wildman–Crippen LogP) is 4.86. The lowest BCUT2D eigenvalue weighted by Crippen LogP contribution is -2.35. The standard InChI is InChI=1S/C25H29F3N6O/c1-13-19(7-6-8-21(13)25(26,27)28)14(2)29-23-20-11-22(15(3)30-24(20)32-16(4)31-23)34-10-9-18(12-34)33-17(5)35/h6-8,11,14,18H,9-10,12H2,1-5H3,(H,33,35)(H,29,30,31,32)/t14?,18-/m1/s1. The zero-order chi connectivity index (χ0) is 25.5. The van der Waals surface area contributed by atoms with Gasteiger partial charge in [-0.05, 0) is 57.4 Å². The highest BCUT2D eigenvalue weighted by atomic mass is 19.4. The number of hydrogen-bond donors (Lipinski definition) is 2. The number of carbonyl (C=O) groups is 1. The first-order valence-electron chi connectivity index (χ1n) is 11.6. The Balaban J connectivity index is 1.69. The van der Waals surface area contributed by atoms with E-state index >= 15 is 0 Å². The molecule has 7 nitrogen and oxygen atoms in total. The molecule has 0 saturated carbocycles. The van der Waals surface area contributed by atoms with Gasteiger partial charge in [-0.2, -0.15) is 13.2 Å². The molecular weight excluding hydrogens is 457 g/mol. The first kappa shape index (κ1) is 24.7. The fourth-order valence-corrected chi connectivity index (χ4v) is 4.77. The molecule has 10 heteroatoms. The summed E-state index contributed by atoms with van der Waals surface area (Å²) in [6, 6.07) is 5.82. The molecule has 1 fully saturated rings. The van der Waals surface area contributed by atoms with Gasteiger partial charge in [0.2, 0.25) is 5.91 Å². The van der Waals surface area contributed by atoms with Crippen molar-refractivity contribution in [1.82, 2.24) is 20.3 Å². The molecule has 1 unspecified atom stereocenters. The van der Waals surface area contributed by atoms with Crippen LogP contribution in [0.2, 0.25) is 0 Å². The number of hydrogen-bond acceptors (Lipinski definition) is 6. The van der Waals surface area contributed by atoms with E-state index in [0.717, 1.165) is 30.4 Å². The zero-order valence-corrected chi connectivity index (χ0v) is 20.4. The predicted molar refractivity (Wildman–Crippen MR) is 129 cm³/mol. The first-order valence-corrected chi connectivity index (χ1v) is 11.6. The van der Waals surface area contributed by atoms with E-state index in [1.165, 1.54) is 19.9 Å². The van der Waals surface area contributed by atoms with Crippen LogP contribution in [0.4, 0.5) is 24.7 Å². The van der Waals surface area contributed by atoms with E-state index in [1.54, 1.807) is 13.0 Å². The van der Waals surface area contributed by atoms with Crippen molar-refractivity contribution in [2.75, 3.05) is 23.3 Å². The largest absolute Gasteiger partial charge is 0.416 e. The van der Waals surface area contributed by atoms with Gasteiger partial charge >= 0.3 is 6.18 Å². The Bertz CT molecular complexity index is 1280. The Morgan fingerprint density at radius 2 is 1.91 bits per heavy atom. The van der Waals surface area contributed by atoms with E-state index in [4.69, 9.17) is 4.98 Å². The summed E-state index contributed by atoms with van der Waals surface area (Å²) < 4.78 is 40.3. The summed E-state index contributed by atoms with van der Waals surface area (Å²) in [7, 11) is 0. The third-order valence-corrected chi connectivity index (χ3v) is 6.40. The van der Waals surface area contributed by atoms with E-state index in [0.29, 0.717) is 34.8 Å². The molecule has 3 aromatic rings. The van der Waals surface area contributed by atoms with Gasteiger partial charge in [-0.15, -0.1) is 0 Å². The molecule has 4 rings (SSSR count). The van der Waals surface area contributed by atoms with Gasteiger partial charge in [0.15, 0.2) is 5.65 Å². The van der Waals surface area contributed by atoms with Crippen molar-refractivity contribution in [2.24, 2.45) is 0 Å². The summed E-state index contributed by atoms with van der Waals surface area (Å²) in [4.78, 5) is 27.4. The first-order chi connectivity index (χ1) is 16.4. The van der Waals surface area contributed by atoms with Gasteiger partial charge in [-0.1, -0.05) is 12.1 Å². The minimum atomic E-state index is -4.42. The number of nitrogens with zero attached hydrogens (tertiary/aromatic N) is 4. The van der Waals surface area contributed by atoms with Crippen LogP contribution in [0.5, 0.6) is 0 Å². The van der Waals surface area contributed by atoms with Crippen LogP contribution in [0.25, 0.3) is 11.0 Å². The molecule has 1 amide bonds. The van der Waals surface area contributed by atoms with Crippen LogP contribution >= 0.6 is 0 Å². The van der Waals surface area contributed by atoms with Crippen molar-refractivity contribution in [3.05, 3.63) is 52.5 Å². The Morgan fingerprint density at radius 1 is 1.17 bits per heavy atom. The maximum Gasteiger partial charge on any atom is 0.416 e. The average Bonchev–Trinajstić information content (AvgIpc) is 3.19. The summed E-state index contributed by atoms with van der Waals surface area (Å²) in [6.07, 6.45) is -3.59. The van der Waals surface area contributed by atoms with Crippen LogP contribution in [0.15, 0.2) is 24.3 Å². The van der Waals surface area contributed by atoms with Crippen LogP contribution in [0.3, 0.4) is 0 Å². The van der Waals surface area contributed by atoms with Crippen LogP contribution in [0.1, 0.15) is 54.5 Å². The summed E-state index contributed by atoms with van der Waals surface area (Å²) in [5.41, 5.74) is 2.34. The monoisotopic (exact) mass is 486 g/mol. The van der Waals surface area contributed by atoms with Gasteiger partial charge in [0, 0.05) is 26.1 Å². The average molecular weight is 487 g/mol. The Hall–Kier alpha value is -3.43. The second-order valence-corrected chi connectivity index (χ2v) is 9.10. The van der Waals surface area contributed by atoms with Crippen molar-refractivity contribution in [1.29, 1.82) is 0 Å². The number of aryl methyl sites for hydroxylation is 2. The number of amides is 1. The Morgan fingerprint density at radius 3 is 2.60 bits per heavy atom. The second-order valence-electron chi connectivity index (χ2n) is 9.10. The smallest absolute Gasteiger partial charge is 0.368 e. The highest BCUT2D eigenvalue weighted by molar-refractivity contribution is 5.90. The van der Waals surface area contributed by atoms with Gasteiger partial charge in [-0.25, -0.2) is 15.0 Å². The van der Waals surface area contributed by atoms with Crippen LogP contribution in [0, 0.1) is 20.8 Å². The maximum atomic E-state index is 13.4. The van der Waals surface area contributed by atoms with Gasteiger partial charge in [0.25, 0.3) is 0 Å². The maximum absolute atomic E-state index is 13.4. The molecule has 2 atom stereocenters. The van der Waals surface area contributed by atoms with Crippen molar-refractivity contribution in [3.63, 3.8) is 0 Å². The summed E-state index contributed by atoms with van der Waals surface area (Å²) >= 11 is 0. The van der Waals surface area contributed by atoms with Gasteiger partial charge in [-0.3, -0.25) is 4.79 Å². The number of fused-ring (bicyclic) bond motifs is 1. The fraction of sp³-hybridized carbons (Fsp3) is 0.440. The topological polar surface area (TPSA) is 83.0 Å². The van der Waals surface area contributed by atoms with Gasteiger partial charge in [0.1, 0.15) is 11.6 Å². The highest BCUT2D eigenvalue weighted by Crippen LogP contribution is 2.36. The van der Waals surface area contributed by atoms with E-state index in [9.17, 15) is 18.0 Å². The molecule has 186 valence electrons. The SMILES string of the molecule is CC(=O)N[C@@H]1CCN(c2cc3c(NC(C)c4cccc(C(F)(F)F)c4C)nc(C)nc3nc2C)C1. The van der Waals surface area contributed by atoms with Crippen LogP contribution < -0.4 is 15.5 Å². The lowest BCUT2D eigenvalue weighted by molar-refractivity contribution is -0.138. The number of aromatic nitrogens is 3. The minimum absolute atomic E-state index is 0.0561. The van der Waals surface area contributed by atoms with E-state index in [-0.39, 0.29) is 17.5 Å². The highest BCUT2D eigenvalue weighted by Gasteiger charge is 2.33. The number of anilines is 2. The molecule has 0 bridgehead atoms. The van der Waals surface area contributed by atoms with E-state index in [1.807, 2.05) is 19.9 Å². The number of alkyl halides is 3. The second kappa shape index (κ2) is 9.31. The summed E-state index contributed by atoms with van der Waals surface area (Å²) in [5, 5.41) is 6.95. The zero-order valence-electron chi connectivity index (χ0n) is 20.4. The third kappa shape index (κ3) is 5.16. The van der Waals surface area contributed by atoms with Crippen LogP contribution in [-0.2, 0) is 11.0 Å². The molecular formula is C25H29F3N6O. The molecule has 0 spiro atoms. The Labute approximate surface area is 202 Å². The minimum Gasteiger partial charge on any atom is -0.368 e. The molecule has 1 aromatic carbocycles. The van der Waals surface area contributed by atoms with Crippen molar-refractivity contribution in [3.8, 4) is 0 Å². The van der Waals surface area contributed by atoms with Crippen LogP contribution in [-0.4, -0.2) is 40.0 Å². The van der Waals surface area contributed by atoms with Gasteiger partial charge in [0.05, 0.1) is 28.4 Å². The molecule has 35 heavy (non-hydrogen) atoms. The molecule has 1 aliphatic rings. The molecule has 1 saturated heterocycles. The fourth-order valence-electron chi connectivity index (χ4n) is 4.77. The number of benzene rings is 1. The number of pyridine rings is 1. The number of rotatable bonds is 5. The normalized spacial score (nSPS) is 17.0. The Kier molecular flexibility index (Phi) is 6.57. The van der Waals surface area contributed by atoms with Crippen molar-refractivity contribution in [2.45, 2.75) is 59.3 Å². The van der Waals surface area contributed by atoms with E-state index in [2.05, 4.69) is 25.5 Å². The lowest BCUT2D eigenvalue weighted by Gasteiger charge is -2.23. The molecule has 3 heterocycles. The molecule has 1 aliphatic heterocycles.